The van der Waals surface area contributed by atoms with E-state index in [-0.39, 0.29) is 12.1 Å². The van der Waals surface area contributed by atoms with Crippen LogP contribution in [0.25, 0.3) is 10.8 Å². The number of nitrogens with zero attached hydrogens (tertiary/aromatic N) is 6. The standard InChI is InChI=1S/C33H37FN6O3/c1-21-9-7-10-23-15-17-35-29(28(21)23)40(25-11-8-18-39(20-25)32(42)43-33(3,4)5)30(41)26-13-12-24(19-27(26)34)38(6)31-36-16-14-22(2)37-31/h7,9-10,12-17,19,25H,8,11,18,20H2,1-6H3/t25-/m1/s1. The van der Waals surface area contributed by atoms with Crippen LogP contribution in [0.4, 0.5) is 26.6 Å². The van der Waals surface area contributed by atoms with E-state index in [2.05, 4.69) is 15.0 Å². The zero-order chi connectivity index (χ0) is 30.9. The molecule has 2 aromatic heterocycles. The van der Waals surface area contributed by atoms with Crippen molar-refractivity contribution >= 4 is 40.2 Å². The van der Waals surface area contributed by atoms with Crippen LogP contribution >= 0.6 is 0 Å². The molecule has 0 radical (unpaired) electrons. The Morgan fingerprint density at radius 3 is 2.53 bits per heavy atom. The quantitative estimate of drug-likeness (QED) is 0.261. The number of anilines is 3. The van der Waals surface area contributed by atoms with E-state index in [4.69, 9.17) is 4.74 Å². The zero-order valence-electron chi connectivity index (χ0n) is 25.5. The molecule has 0 aliphatic carbocycles. The normalized spacial score (nSPS) is 15.3. The van der Waals surface area contributed by atoms with Gasteiger partial charge in [-0.2, -0.15) is 0 Å². The van der Waals surface area contributed by atoms with Crippen LogP contribution in [0.5, 0.6) is 0 Å². The second-order valence-electron chi connectivity index (χ2n) is 11.9. The monoisotopic (exact) mass is 584 g/mol. The summed E-state index contributed by atoms with van der Waals surface area (Å²) in [7, 11) is 1.74. The molecule has 43 heavy (non-hydrogen) atoms. The number of hydrogen-bond acceptors (Lipinski definition) is 7. The van der Waals surface area contributed by atoms with Crippen LogP contribution in [0.3, 0.4) is 0 Å². The lowest BCUT2D eigenvalue weighted by atomic mass is 10.00. The zero-order valence-corrected chi connectivity index (χ0v) is 25.5. The molecular formula is C33H37FN6O3. The van der Waals surface area contributed by atoms with Crippen molar-refractivity contribution in [2.45, 2.75) is 59.1 Å². The van der Waals surface area contributed by atoms with Crippen molar-refractivity contribution < 1.29 is 18.7 Å². The van der Waals surface area contributed by atoms with Crippen molar-refractivity contribution in [1.82, 2.24) is 19.9 Å². The second-order valence-corrected chi connectivity index (χ2v) is 11.9. The molecule has 1 atom stereocenters. The van der Waals surface area contributed by atoms with E-state index in [1.54, 1.807) is 46.3 Å². The van der Waals surface area contributed by atoms with Crippen molar-refractivity contribution in [3.8, 4) is 0 Å². The van der Waals surface area contributed by atoms with Gasteiger partial charge in [0.15, 0.2) is 0 Å². The molecule has 1 aliphatic rings. The molecular weight excluding hydrogens is 547 g/mol. The largest absolute Gasteiger partial charge is 0.444 e. The summed E-state index contributed by atoms with van der Waals surface area (Å²) in [5, 5.41) is 1.72. The molecule has 1 fully saturated rings. The third-order valence-electron chi connectivity index (χ3n) is 7.49. The highest BCUT2D eigenvalue weighted by Gasteiger charge is 2.36. The van der Waals surface area contributed by atoms with Crippen molar-refractivity contribution in [2.24, 2.45) is 0 Å². The number of hydrogen-bond donors (Lipinski definition) is 0. The summed E-state index contributed by atoms with van der Waals surface area (Å²) in [6.45, 7) is 10.0. The summed E-state index contributed by atoms with van der Waals surface area (Å²) >= 11 is 0. The van der Waals surface area contributed by atoms with E-state index < -0.39 is 29.5 Å². The molecule has 9 nitrogen and oxygen atoms in total. The first-order valence-electron chi connectivity index (χ1n) is 14.4. The van der Waals surface area contributed by atoms with Gasteiger partial charge in [0.05, 0.1) is 11.6 Å². The van der Waals surface area contributed by atoms with Crippen LogP contribution in [-0.4, -0.2) is 63.6 Å². The number of pyridine rings is 1. The van der Waals surface area contributed by atoms with E-state index in [1.807, 2.05) is 58.9 Å². The van der Waals surface area contributed by atoms with Crippen LogP contribution in [0, 0.1) is 19.7 Å². The number of carbonyl (C=O) groups is 2. The molecule has 0 unspecified atom stereocenters. The van der Waals surface area contributed by atoms with Crippen LogP contribution in [0.2, 0.25) is 0 Å². The molecule has 2 amide bonds. The molecule has 5 rings (SSSR count). The molecule has 2 aromatic carbocycles. The average Bonchev–Trinajstić information content (AvgIpc) is 2.96. The van der Waals surface area contributed by atoms with Crippen molar-refractivity contribution in [1.29, 1.82) is 0 Å². The van der Waals surface area contributed by atoms with Gasteiger partial charge in [0.2, 0.25) is 5.95 Å². The minimum Gasteiger partial charge on any atom is -0.444 e. The van der Waals surface area contributed by atoms with Crippen molar-refractivity contribution in [2.75, 3.05) is 29.9 Å². The number of aromatic nitrogens is 3. The third kappa shape index (κ3) is 6.43. The van der Waals surface area contributed by atoms with Gasteiger partial charge in [-0.3, -0.25) is 9.69 Å². The number of rotatable bonds is 5. The van der Waals surface area contributed by atoms with E-state index in [0.717, 1.165) is 22.0 Å². The highest BCUT2D eigenvalue weighted by atomic mass is 19.1. The summed E-state index contributed by atoms with van der Waals surface area (Å²) in [6, 6.07) is 13.6. The minimum atomic E-state index is -0.677. The Hall–Kier alpha value is -4.60. The van der Waals surface area contributed by atoms with Gasteiger partial charge in [0, 0.05) is 49.3 Å². The summed E-state index contributed by atoms with van der Waals surface area (Å²) < 4.78 is 21.5. The number of aryl methyl sites for hydroxylation is 2. The van der Waals surface area contributed by atoms with Gasteiger partial charge >= 0.3 is 6.09 Å². The Bertz CT molecular complexity index is 1670. The van der Waals surface area contributed by atoms with Crippen molar-refractivity contribution in [3.63, 3.8) is 0 Å². The number of likely N-dealkylation sites (tertiary alicyclic amines) is 1. The maximum atomic E-state index is 15.9. The molecule has 4 aromatic rings. The van der Waals surface area contributed by atoms with Gasteiger partial charge in [0.25, 0.3) is 5.91 Å². The SMILES string of the molecule is Cc1ccnc(N(C)c2ccc(C(=O)N(c3nccc4cccc(C)c34)[C@@H]3CCCN(C(=O)OC(C)(C)C)C3)c(F)c2)n1. The number of benzene rings is 2. The third-order valence-corrected chi connectivity index (χ3v) is 7.49. The van der Waals surface area contributed by atoms with Gasteiger partial charge in [-0.15, -0.1) is 0 Å². The Labute approximate surface area is 251 Å². The smallest absolute Gasteiger partial charge is 0.410 e. The van der Waals surface area contributed by atoms with E-state index in [0.29, 0.717) is 36.8 Å². The molecule has 224 valence electrons. The van der Waals surface area contributed by atoms with Gasteiger partial charge in [-0.25, -0.2) is 24.1 Å². The van der Waals surface area contributed by atoms with Gasteiger partial charge in [-0.05, 0) is 88.7 Å². The van der Waals surface area contributed by atoms with Gasteiger partial charge in [-0.1, -0.05) is 18.2 Å². The Morgan fingerprint density at radius 1 is 1.05 bits per heavy atom. The van der Waals surface area contributed by atoms with E-state index >= 15 is 4.39 Å². The molecule has 3 heterocycles. The number of piperidine rings is 1. The van der Waals surface area contributed by atoms with Crippen LogP contribution in [0.1, 0.15) is 55.2 Å². The van der Waals surface area contributed by atoms with E-state index in [1.165, 1.54) is 12.1 Å². The highest BCUT2D eigenvalue weighted by Crippen LogP contribution is 2.33. The fourth-order valence-electron chi connectivity index (χ4n) is 5.39. The van der Waals surface area contributed by atoms with Gasteiger partial charge in [0.1, 0.15) is 17.2 Å². The number of fused-ring (bicyclic) bond motifs is 1. The van der Waals surface area contributed by atoms with Crippen molar-refractivity contribution in [3.05, 3.63) is 83.6 Å². The topological polar surface area (TPSA) is 91.8 Å². The fourth-order valence-corrected chi connectivity index (χ4v) is 5.39. The predicted molar refractivity (Wildman–Crippen MR) is 165 cm³/mol. The maximum Gasteiger partial charge on any atom is 0.410 e. The number of carbonyl (C=O) groups excluding carboxylic acids is 2. The Kier molecular flexibility index (Phi) is 8.30. The van der Waals surface area contributed by atoms with Gasteiger partial charge < -0.3 is 14.5 Å². The molecule has 0 saturated carbocycles. The Morgan fingerprint density at radius 2 is 1.81 bits per heavy atom. The molecule has 0 spiro atoms. The highest BCUT2D eigenvalue weighted by molar-refractivity contribution is 6.11. The summed E-state index contributed by atoms with van der Waals surface area (Å²) in [4.78, 5) is 45.6. The first kappa shape index (κ1) is 29.9. The second kappa shape index (κ2) is 11.9. The molecule has 0 bridgehead atoms. The molecule has 1 saturated heterocycles. The fraction of sp³-hybridized carbons (Fsp3) is 0.364. The Balaban J connectivity index is 1.55. The van der Waals surface area contributed by atoms with E-state index in [9.17, 15) is 9.59 Å². The lowest BCUT2D eigenvalue weighted by molar-refractivity contribution is 0.0196. The predicted octanol–water partition coefficient (Wildman–Crippen LogP) is 6.59. The van der Waals surface area contributed by atoms with Crippen LogP contribution in [-0.2, 0) is 4.74 Å². The number of halogens is 1. The summed E-state index contributed by atoms with van der Waals surface area (Å²) in [5.41, 5.74) is 1.47. The maximum absolute atomic E-state index is 15.9. The summed E-state index contributed by atoms with van der Waals surface area (Å²) in [5.74, 6) is -0.355. The molecule has 10 heteroatoms. The minimum absolute atomic E-state index is 0.0934. The average molecular weight is 585 g/mol. The lowest BCUT2D eigenvalue weighted by Gasteiger charge is -2.39. The molecule has 0 N–H and O–H groups in total. The van der Waals surface area contributed by atoms with Crippen LogP contribution < -0.4 is 9.80 Å². The number of ether oxygens (including phenoxy) is 1. The molecule has 1 aliphatic heterocycles. The summed E-state index contributed by atoms with van der Waals surface area (Å²) in [6.07, 6.45) is 4.12. The first-order chi connectivity index (χ1) is 20.4. The first-order valence-corrected chi connectivity index (χ1v) is 14.4. The lowest BCUT2D eigenvalue weighted by Crippen LogP contribution is -2.53. The number of amides is 2. The van der Waals surface area contributed by atoms with Crippen LogP contribution in [0.15, 0.2) is 60.9 Å².